The molecule has 0 unspecified atom stereocenters. The Bertz CT molecular complexity index is 1450. The number of carbonyl (C=O) groups is 1. The van der Waals surface area contributed by atoms with Crippen LogP contribution in [0.3, 0.4) is 0 Å². The van der Waals surface area contributed by atoms with Crippen LogP contribution in [0.4, 0.5) is 0 Å². The molecule has 0 saturated heterocycles. The summed E-state index contributed by atoms with van der Waals surface area (Å²) in [6, 6.07) is 7.33. The third-order valence-corrected chi connectivity index (χ3v) is 9.42. The van der Waals surface area contributed by atoms with Crippen LogP contribution in [0.15, 0.2) is 33.9 Å². The van der Waals surface area contributed by atoms with E-state index in [4.69, 9.17) is 4.98 Å². The summed E-state index contributed by atoms with van der Waals surface area (Å²) in [6.45, 7) is 8.91. The summed E-state index contributed by atoms with van der Waals surface area (Å²) in [5.74, 6) is 1.14. The van der Waals surface area contributed by atoms with Crippen molar-refractivity contribution in [1.29, 1.82) is 0 Å². The average Bonchev–Trinajstić information content (AvgIpc) is 3.48. The first kappa shape index (κ1) is 30.3. The number of imidazole rings is 1. The van der Waals surface area contributed by atoms with E-state index in [0.29, 0.717) is 54.0 Å². The monoisotopic (exact) mass is 576 g/mol. The number of hydrogen-bond donors (Lipinski definition) is 2. The number of nitrogens with one attached hydrogen (secondary N) is 2. The summed E-state index contributed by atoms with van der Waals surface area (Å²) in [5.41, 5.74) is 1.54. The molecule has 2 aliphatic carbocycles. The molecule has 2 aliphatic rings. The molecule has 2 saturated carbocycles. The maximum absolute atomic E-state index is 13.9. The highest BCUT2D eigenvalue weighted by molar-refractivity contribution is 5.95. The Hall–Kier alpha value is -3.20. The Labute approximate surface area is 248 Å². The smallest absolute Gasteiger partial charge is 0.332 e. The topological polar surface area (TPSA) is 105 Å². The van der Waals surface area contributed by atoms with Gasteiger partial charge in [0.15, 0.2) is 5.65 Å². The lowest BCUT2D eigenvalue weighted by atomic mass is 9.89. The Morgan fingerprint density at radius 3 is 2.24 bits per heavy atom. The summed E-state index contributed by atoms with van der Waals surface area (Å²) in [5, 5.41) is 3.03. The minimum Gasteiger partial charge on any atom is -0.352 e. The summed E-state index contributed by atoms with van der Waals surface area (Å²) < 4.78 is 3.22. The van der Waals surface area contributed by atoms with Gasteiger partial charge < -0.3 is 15.2 Å². The highest BCUT2D eigenvalue weighted by Crippen LogP contribution is 2.27. The Morgan fingerprint density at radius 2 is 1.60 bits per heavy atom. The molecule has 0 bridgehead atoms. The van der Waals surface area contributed by atoms with Gasteiger partial charge in [-0.2, -0.15) is 0 Å². The van der Waals surface area contributed by atoms with Gasteiger partial charge in [0, 0.05) is 30.8 Å². The number of aromatic nitrogens is 4. The molecular weight excluding hydrogens is 528 g/mol. The van der Waals surface area contributed by atoms with Crippen molar-refractivity contribution in [2.24, 2.45) is 11.8 Å². The normalized spacial score (nSPS) is 16.8. The highest BCUT2D eigenvalue weighted by Gasteiger charge is 2.24. The quantitative estimate of drug-likeness (QED) is 0.289. The number of carbonyl (C=O) groups excluding carboxylic acids is 1. The number of rotatable bonds is 12. The van der Waals surface area contributed by atoms with Crippen LogP contribution in [0.25, 0.3) is 22.6 Å². The number of amides is 1. The van der Waals surface area contributed by atoms with Crippen molar-refractivity contribution in [2.45, 2.75) is 97.6 Å². The molecule has 2 heterocycles. The molecule has 228 valence electrons. The van der Waals surface area contributed by atoms with E-state index in [1.54, 1.807) is 10.6 Å². The van der Waals surface area contributed by atoms with Crippen molar-refractivity contribution in [3.63, 3.8) is 0 Å². The predicted molar refractivity (Wildman–Crippen MR) is 168 cm³/mol. The molecule has 0 atom stereocenters. The van der Waals surface area contributed by atoms with Gasteiger partial charge in [0.25, 0.3) is 11.5 Å². The predicted octanol–water partition coefficient (Wildman–Crippen LogP) is 5.18. The fourth-order valence-corrected chi connectivity index (χ4v) is 6.84. The molecule has 5 rings (SSSR count). The Kier molecular flexibility index (Phi) is 10.3. The van der Waals surface area contributed by atoms with E-state index in [1.807, 2.05) is 18.2 Å². The average molecular weight is 577 g/mol. The number of fused-ring (bicyclic) bond motifs is 1. The van der Waals surface area contributed by atoms with Crippen LogP contribution in [0.1, 0.15) is 94.8 Å². The van der Waals surface area contributed by atoms with E-state index >= 15 is 0 Å². The standard InChI is InChI=1S/C33H48N6O3/c1-3-37(4-2)20-12-19-34-31(40)27-18-11-17-26(21-27)29-35-28-30(36-29)38(22-24-13-7-5-8-14-24)33(42)39(32(28)41)23-25-15-9-6-10-16-25/h11,17-18,21,24-25H,3-10,12-16,19-20,22-23H2,1-2H3,(H,34,40)(H,35,36). The van der Waals surface area contributed by atoms with Crippen molar-refractivity contribution in [1.82, 2.24) is 29.3 Å². The van der Waals surface area contributed by atoms with E-state index in [0.717, 1.165) is 70.1 Å². The third-order valence-electron chi connectivity index (χ3n) is 9.42. The number of benzene rings is 1. The zero-order chi connectivity index (χ0) is 29.5. The van der Waals surface area contributed by atoms with Gasteiger partial charge in [-0.25, -0.2) is 9.78 Å². The minimum absolute atomic E-state index is 0.128. The number of H-pyrrole nitrogens is 1. The van der Waals surface area contributed by atoms with Crippen LogP contribution in [0.5, 0.6) is 0 Å². The van der Waals surface area contributed by atoms with Gasteiger partial charge >= 0.3 is 5.69 Å². The van der Waals surface area contributed by atoms with Crippen molar-refractivity contribution in [3.8, 4) is 11.4 Å². The molecule has 42 heavy (non-hydrogen) atoms. The van der Waals surface area contributed by atoms with Crippen molar-refractivity contribution < 1.29 is 4.79 Å². The maximum atomic E-state index is 13.9. The number of aromatic amines is 1. The first-order chi connectivity index (χ1) is 20.5. The zero-order valence-corrected chi connectivity index (χ0v) is 25.5. The molecule has 1 aromatic carbocycles. The van der Waals surface area contributed by atoms with Crippen LogP contribution in [0.2, 0.25) is 0 Å². The lowest BCUT2D eigenvalue weighted by Crippen LogP contribution is -2.42. The fourth-order valence-electron chi connectivity index (χ4n) is 6.84. The van der Waals surface area contributed by atoms with E-state index in [-0.39, 0.29) is 17.2 Å². The second-order valence-electron chi connectivity index (χ2n) is 12.3. The van der Waals surface area contributed by atoms with Crippen LogP contribution >= 0.6 is 0 Å². The SMILES string of the molecule is CCN(CC)CCCNC(=O)c1cccc(-c2nc3c([nH]2)c(=O)n(CC2CCCCC2)c(=O)n3CC2CCCCC2)c1. The van der Waals surface area contributed by atoms with Crippen molar-refractivity contribution in [3.05, 3.63) is 50.7 Å². The molecule has 0 radical (unpaired) electrons. The maximum Gasteiger partial charge on any atom is 0.332 e. The molecule has 1 amide bonds. The van der Waals surface area contributed by atoms with Gasteiger partial charge in [0.1, 0.15) is 11.3 Å². The van der Waals surface area contributed by atoms with Crippen LogP contribution in [0, 0.1) is 11.8 Å². The molecule has 0 spiro atoms. The first-order valence-electron chi connectivity index (χ1n) is 16.3. The lowest BCUT2D eigenvalue weighted by Gasteiger charge is -2.24. The van der Waals surface area contributed by atoms with Crippen LogP contribution in [-0.4, -0.2) is 56.1 Å². The largest absolute Gasteiger partial charge is 0.352 e. The van der Waals surface area contributed by atoms with Gasteiger partial charge in [-0.05, 0) is 75.7 Å². The van der Waals surface area contributed by atoms with Crippen LogP contribution < -0.4 is 16.6 Å². The summed E-state index contributed by atoms with van der Waals surface area (Å²) in [6.07, 6.45) is 12.4. The summed E-state index contributed by atoms with van der Waals surface area (Å²) in [7, 11) is 0. The number of hydrogen-bond acceptors (Lipinski definition) is 5. The second-order valence-corrected chi connectivity index (χ2v) is 12.3. The minimum atomic E-state index is -0.290. The second kappa shape index (κ2) is 14.3. The molecule has 0 aliphatic heterocycles. The Morgan fingerprint density at radius 1 is 0.952 bits per heavy atom. The molecule has 9 heteroatoms. The van der Waals surface area contributed by atoms with Gasteiger partial charge in [-0.15, -0.1) is 0 Å². The first-order valence-corrected chi connectivity index (χ1v) is 16.3. The fraction of sp³-hybridized carbons (Fsp3) is 0.636. The van der Waals surface area contributed by atoms with Gasteiger partial charge in [-0.3, -0.25) is 18.7 Å². The molecule has 9 nitrogen and oxygen atoms in total. The lowest BCUT2D eigenvalue weighted by molar-refractivity contribution is 0.0952. The van der Waals surface area contributed by atoms with Gasteiger partial charge in [0.2, 0.25) is 0 Å². The van der Waals surface area contributed by atoms with E-state index in [1.165, 1.54) is 30.3 Å². The van der Waals surface area contributed by atoms with Gasteiger partial charge in [0.05, 0.1) is 0 Å². The summed E-state index contributed by atoms with van der Waals surface area (Å²) in [4.78, 5) is 51.0. The zero-order valence-electron chi connectivity index (χ0n) is 25.5. The van der Waals surface area contributed by atoms with E-state index in [9.17, 15) is 14.4 Å². The molecule has 3 aromatic rings. The van der Waals surface area contributed by atoms with E-state index in [2.05, 4.69) is 29.0 Å². The molecule has 2 fully saturated rings. The van der Waals surface area contributed by atoms with Crippen LogP contribution in [-0.2, 0) is 13.1 Å². The van der Waals surface area contributed by atoms with E-state index < -0.39 is 0 Å². The summed E-state index contributed by atoms with van der Waals surface area (Å²) >= 11 is 0. The van der Waals surface area contributed by atoms with Crippen molar-refractivity contribution >= 4 is 17.1 Å². The highest BCUT2D eigenvalue weighted by atomic mass is 16.2. The molecular formula is C33H48N6O3. The Balaban J connectivity index is 1.43. The van der Waals surface area contributed by atoms with Gasteiger partial charge in [-0.1, -0.05) is 64.5 Å². The van der Waals surface area contributed by atoms with Crippen molar-refractivity contribution in [2.75, 3.05) is 26.2 Å². The molecule has 2 aromatic heterocycles. The number of nitrogens with zero attached hydrogens (tertiary/aromatic N) is 4. The molecule has 2 N–H and O–H groups in total. The third kappa shape index (κ3) is 7.05.